The Morgan fingerprint density at radius 3 is 1.88 bits per heavy atom. The van der Waals surface area contributed by atoms with E-state index in [1.807, 2.05) is 27.7 Å². The van der Waals surface area contributed by atoms with Crippen LogP contribution >= 0.6 is 0 Å². The van der Waals surface area contributed by atoms with Gasteiger partial charge in [-0.05, 0) is 11.8 Å². The third-order valence-corrected chi connectivity index (χ3v) is 1.14. The number of primary amides is 1. The lowest BCUT2D eigenvalue weighted by Gasteiger charge is -2.03. The average molecular weight is 250 g/mol. The lowest BCUT2D eigenvalue weighted by molar-refractivity contribution is 0.0278. The first kappa shape index (κ1) is 17.9. The minimum atomic E-state index is -1.16. The van der Waals surface area contributed by atoms with Crippen LogP contribution in [0.5, 0.6) is 0 Å². The molecule has 0 bridgehead atoms. The van der Waals surface area contributed by atoms with Crippen molar-refractivity contribution in [1.29, 1.82) is 0 Å². The number of carbonyl (C=O) groups is 2. The van der Waals surface area contributed by atoms with Crippen molar-refractivity contribution in [3.63, 3.8) is 0 Å². The number of carbonyl (C=O) groups excluding carboxylic acids is 1. The van der Waals surface area contributed by atoms with Gasteiger partial charge in [-0.25, -0.2) is 9.59 Å². The van der Waals surface area contributed by atoms with Gasteiger partial charge in [0.15, 0.2) is 0 Å². The molecule has 0 rings (SSSR count). The van der Waals surface area contributed by atoms with Crippen LogP contribution in [0.25, 0.3) is 0 Å². The molecule has 17 heavy (non-hydrogen) atoms. The maximum Gasteiger partial charge on any atom is 0.428 e. The highest BCUT2D eigenvalue weighted by Gasteiger charge is 1.96. The summed E-state index contributed by atoms with van der Waals surface area (Å²) in [5.41, 5.74) is 6.47. The average Bonchev–Trinajstić information content (AvgIpc) is 2.14. The summed E-state index contributed by atoms with van der Waals surface area (Å²) in [6.45, 7) is 8.58. The minimum absolute atomic E-state index is 0.344. The van der Waals surface area contributed by atoms with Crippen LogP contribution in [0.4, 0.5) is 9.59 Å². The lowest BCUT2D eigenvalue weighted by atomic mass is 10.2. The summed E-state index contributed by atoms with van der Waals surface area (Å²) in [5.74, 6) is 0.708. The van der Waals surface area contributed by atoms with E-state index in [0.717, 1.165) is 0 Å². The van der Waals surface area contributed by atoms with Crippen LogP contribution in [0.3, 0.4) is 0 Å². The molecule has 0 unspecified atom stereocenters. The molecule has 102 valence electrons. The lowest BCUT2D eigenvalue weighted by Crippen LogP contribution is -2.23. The third kappa shape index (κ3) is 25.1. The first-order valence-corrected chi connectivity index (χ1v) is 5.28. The molecule has 7 heteroatoms. The van der Waals surface area contributed by atoms with Gasteiger partial charge in [-0.3, -0.25) is 4.84 Å². The van der Waals surface area contributed by atoms with Crippen LogP contribution in [-0.2, 0) is 9.57 Å². The Hall–Kier alpha value is -1.50. The van der Waals surface area contributed by atoms with E-state index in [-0.39, 0.29) is 0 Å². The van der Waals surface area contributed by atoms with Gasteiger partial charge in [0.1, 0.15) is 0 Å². The predicted molar refractivity (Wildman–Crippen MR) is 62.3 cm³/mol. The third-order valence-electron chi connectivity index (χ3n) is 1.14. The van der Waals surface area contributed by atoms with Crippen molar-refractivity contribution in [3.8, 4) is 0 Å². The van der Waals surface area contributed by atoms with Crippen molar-refractivity contribution < 1.29 is 24.3 Å². The molecule has 0 spiro atoms. The van der Waals surface area contributed by atoms with Gasteiger partial charge in [0.2, 0.25) is 0 Å². The smallest absolute Gasteiger partial charge is 0.428 e. The maximum absolute atomic E-state index is 9.90. The number of amides is 2. The van der Waals surface area contributed by atoms with Gasteiger partial charge in [0.25, 0.3) is 0 Å². The van der Waals surface area contributed by atoms with Gasteiger partial charge in [0.05, 0.1) is 13.2 Å². The zero-order chi connectivity index (χ0) is 13.8. The Kier molecular flexibility index (Phi) is 11.6. The molecule has 0 radical (unpaired) electrons. The number of nitrogens with one attached hydrogen (secondary N) is 1. The van der Waals surface area contributed by atoms with E-state index in [0.29, 0.717) is 25.0 Å². The predicted octanol–water partition coefficient (Wildman–Crippen LogP) is 1.58. The van der Waals surface area contributed by atoms with Gasteiger partial charge in [-0.15, -0.1) is 0 Å². The van der Waals surface area contributed by atoms with E-state index in [2.05, 4.69) is 15.3 Å². The molecule has 0 atom stereocenters. The van der Waals surface area contributed by atoms with Crippen molar-refractivity contribution in [2.45, 2.75) is 27.7 Å². The molecule has 2 amide bonds. The summed E-state index contributed by atoms with van der Waals surface area (Å²) < 4.78 is 4.44. The van der Waals surface area contributed by atoms with Crippen molar-refractivity contribution in [2.75, 3.05) is 13.2 Å². The monoisotopic (exact) mass is 250 g/mol. The van der Waals surface area contributed by atoms with Gasteiger partial charge in [-0.1, -0.05) is 27.7 Å². The minimum Gasteiger partial charge on any atom is -0.464 e. The molecule has 0 fully saturated rings. The topological polar surface area (TPSA) is 111 Å². The van der Waals surface area contributed by atoms with Crippen LogP contribution in [0.2, 0.25) is 0 Å². The van der Waals surface area contributed by atoms with Gasteiger partial charge in [-0.2, -0.15) is 5.48 Å². The zero-order valence-electron chi connectivity index (χ0n) is 10.7. The molecule has 7 nitrogen and oxygen atoms in total. The van der Waals surface area contributed by atoms with Crippen LogP contribution in [0.1, 0.15) is 27.7 Å². The van der Waals surface area contributed by atoms with Crippen LogP contribution < -0.4 is 11.2 Å². The molecular weight excluding hydrogens is 228 g/mol. The maximum atomic E-state index is 9.90. The fraction of sp³-hybridized carbons (Fsp3) is 0.800. The fourth-order valence-corrected chi connectivity index (χ4v) is 0.519. The molecule has 0 saturated heterocycles. The Morgan fingerprint density at radius 1 is 1.18 bits per heavy atom. The second-order valence-corrected chi connectivity index (χ2v) is 4.14. The van der Waals surface area contributed by atoms with E-state index >= 15 is 0 Å². The van der Waals surface area contributed by atoms with E-state index in [1.165, 1.54) is 0 Å². The van der Waals surface area contributed by atoms with Crippen molar-refractivity contribution in [3.05, 3.63) is 0 Å². The first-order chi connectivity index (χ1) is 7.75. The number of ether oxygens (including phenoxy) is 1. The van der Waals surface area contributed by atoms with E-state index in [9.17, 15) is 9.59 Å². The summed E-state index contributed by atoms with van der Waals surface area (Å²) in [4.78, 5) is 24.2. The number of nitrogens with two attached hydrogens (primary N) is 1. The number of hydroxylamine groups is 1. The Morgan fingerprint density at radius 2 is 1.65 bits per heavy atom. The standard InChI is InChI=1S/C5H11NO3.C5H11NO2/c1-4(2)3-9-6-5(7)8;1-4(2)3-8-5(6)7/h4,6H,3H2,1-2H3,(H,7,8);4H,3H2,1-2H3,(H2,6,7). The summed E-state index contributed by atoms with van der Waals surface area (Å²) >= 11 is 0. The second kappa shape index (κ2) is 11.0. The first-order valence-electron chi connectivity index (χ1n) is 5.28. The highest BCUT2D eigenvalue weighted by Crippen LogP contribution is 1.90. The zero-order valence-corrected chi connectivity index (χ0v) is 10.7. The van der Waals surface area contributed by atoms with E-state index < -0.39 is 12.2 Å². The summed E-state index contributed by atoms with van der Waals surface area (Å²) in [6.07, 6.45) is -1.85. The normalized spacial score (nSPS) is 9.53. The molecular formula is C10H22N2O5. The molecule has 0 heterocycles. The van der Waals surface area contributed by atoms with Crippen LogP contribution in [0.15, 0.2) is 0 Å². The number of rotatable bonds is 5. The van der Waals surface area contributed by atoms with Crippen LogP contribution in [-0.4, -0.2) is 30.5 Å². The summed E-state index contributed by atoms with van der Waals surface area (Å²) in [7, 11) is 0. The van der Waals surface area contributed by atoms with Gasteiger partial charge < -0.3 is 15.6 Å². The summed E-state index contributed by atoms with van der Waals surface area (Å²) in [5, 5.41) is 7.99. The molecule has 0 aliphatic rings. The number of hydrogen-bond donors (Lipinski definition) is 3. The highest BCUT2D eigenvalue weighted by atomic mass is 16.7. The molecule has 0 aromatic carbocycles. The number of carboxylic acid groups (broad SMARTS) is 1. The van der Waals surface area contributed by atoms with Crippen molar-refractivity contribution in [1.82, 2.24) is 5.48 Å². The Balaban J connectivity index is 0. The highest BCUT2D eigenvalue weighted by molar-refractivity contribution is 5.64. The Bertz CT molecular complexity index is 219. The largest absolute Gasteiger partial charge is 0.464 e. The van der Waals surface area contributed by atoms with Gasteiger partial charge >= 0.3 is 12.2 Å². The SMILES string of the molecule is CC(C)COC(N)=O.CC(C)CONC(=O)O. The Labute approximate surface area is 101 Å². The van der Waals surface area contributed by atoms with Crippen molar-refractivity contribution in [2.24, 2.45) is 17.6 Å². The molecule has 0 aliphatic heterocycles. The fourth-order valence-electron chi connectivity index (χ4n) is 0.519. The number of hydrogen-bond acceptors (Lipinski definition) is 4. The molecule has 0 aromatic heterocycles. The molecule has 0 saturated carbocycles. The van der Waals surface area contributed by atoms with Crippen LogP contribution in [0, 0.1) is 11.8 Å². The second-order valence-electron chi connectivity index (χ2n) is 4.14. The van der Waals surface area contributed by atoms with Gasteiger partial charge in [0, 0.05) is 0 Å². The summed E-state index contributed by atoms with van der Waals surface area (Å²) in [6, 6.07) is 0. The van der Waals surface area contributed by atoms with E-state index in [4.69, 9.17) is 5.11 Å². The quantitative estimate of drug-likeness (QED) is 0.641. The van der Waals surface area contributed by atoms with Crippen molar-refractivity contribution >= 4 is 12.2 Å². The molecule has 4 N–H and O–H groups in total. The molecule has 0 aliphatic carbocycles. The molecule has 0 aromatic rings. The van der Waals surface area contributed by atoms with E-state index in [1.54, 1.807) is 5.48 Å².